The minimum absolute atomic E-state index is 0.305. The van der Waals surface area contributed by atoms with Crippen LogP contribution in [0.15, 0.2) is 0 Å². The first-order valence-corrected chi connectivity index (χ1v) is 6.46. The predicted molar refractivity (Wildman–Crippen MR) is 59.8 cm³/mol. The van der Waals surface area contributed by atoms with Crippen LogP contribution in [-0.2, 0) is 4.79 Å². The van der Waals surface area contributed by atoms with Crippen molar-refractivity contribution < 1.29 is 9.90 Å². The zero-order valence-corrected chi connectivity index (χ0v) is 9.48. The van der Waals surface area contributed by atoms with E-state index in [1.807, 2.05) is 11.8 Å². The van der Waals surface area contributed by atoms with Crippen LogP contribution >= 0.6 is 11.8 Å². The maximum Gasteiger partial charge on any atom is 0.320 e. The molecule has 0 aromatic rings. The summed E-state index contributed by atoms with van der Waals surface area (Å²) in [6, 6.07) is 0.115. The molecule has 0 saturated carbocycles. The Morgan fingerprint density at radius 2 is 2.36 bits per heavy atom. The molecule has 2 atom stereocenters. The first-order chi connectivity index (χ1) is 6.74. The van der Waals surface area contributed by atoms with Gasteiger partial charge in [-0.15, -0.1) is 0 Å². The summed E-state index contributed by atoms with van der Waals surface area (Å²) in [5.41, 5.74) is 0. The van der Waals surface area contributed by atoms with Crippen LogP contribution in [-0.4, -0.2) is 34.7 Å². The molecule has 1 rings (SSSR count). The SMILES string of the molecule is CCSCCC1CCCC(C(=O)O)N1. The van der Waals surface area contributed by atoms with Crippen molar-refractivity contribution in [3.63, 3.8) is 0 Å². The van der Waals surface area contributed by atoms with Gasteiger partial charge in [-0.3, -0.25) is 4.79 Å². The number of carboxylic acid groups (broad SMARTS) is 1. The molecule has 2 unspecified atom stereocenters. The highest BCUT2D eigenvalue weighted by Gasteiger charge is 2.25. The lowest BCUT2D eigenvalue weighted by Gasteiger charge is -2.28. The molecule has 0 bridgehead atoms. The Morgan fingerprint density at radius 1 is 1.57 bits per heavy atom. The normalized spacial score (nSPS) is 27.5. The summed E-state index contributed by atoms with van der Waals surface area (Å²) in [6.07, 6.45) is 4.06. The van der Waals surface area contributed by atoms with Crippen LogP contribution < -0.4 is 5.32 Å². The average molecular weight is 217 g/mol. The van der Waals surface area contributed by atoms with Crippen LogP contribution in [0.3, 0.4) is 0 Å². The smallest absolute Gasteiger partial charge is 0.320 e. The van der Waals surface area contributed by atoms with Crippen LogP contribution in [0.25, 0.3) is 0 Å². The van der Waals surface area contributed by atoms with Crippen molar-refractivity contribution in [2.45, 2.75) is 44.7 Å². The van der Waals surface area contributed by atoms with E-state index in [-0.39, 0.29) is 6.04 Å². The lowest BCUT2D eigenvalue weighted by Crippen LogP contribution is -2.46. The third-order valence-electron chi connectivity index (χ3n) is 2.60. The number of hydrogen-bond donors (Lipinski definition) is 2. The number of piperidine rings is 1. The molecule has 1 saturated heterocycles. The van der Waals surface area contributed by atoms with Gasteiger partial charge in [-0.1, -0.05) is 6.92 Å². The highest BCUT2D eigenvalue weighted by molar-refractivity contribution is 7.99. The molecule has 1 fully saturated rings. The van der Waals surface area contributed by atoms with Gasteiger partial charge in [-0.25, -0.2) is 0 Å². The van der Waals surface area contributed by atoms with Gasteiger partial charge in [0.25, 0.3) is 0 Å². The number of carbonyl (C=O) groups is 1. The topological polar surface area (TPSA) is 49.3 Å². The maximum absolute atomic E-state index is 10.8. The van der Waals surface area contributed by atoms with Gasteiger partial charge in [0.1, 0.15) is 6.04 Å². The molecule has 4 heteroatoms. The average Bonchev–Trinajstić information content (AvgIpc) is 2.19. The molecule has 0 aromatic heterocycles. The Balaban J connectivity index is 2.22. The minimum Gasteiger partial charge on any atom is -0.480 e. The fourth-order valence-electron chi connectivity index (χ4n) is 1.81. The highest BCUT2D eigenvalue weighted by Crippen LogP contribution is 2.17. The molecular formula is C10H19NO2S. The summed E-state index contributed by atoms with van der Waals surface area (Å²) in [6.45, 7) is 2.15. The largest absolute Gasteiger partial charge is 0.480 e. The zero-order chi connectivity index (χ0) is 10.4. The Labute approximate surface area is 89.6 Å². The quantitative estimate of drug-likeness (QED) is 0.689. The van der Waals surface area contributed by atoms with Crippen molar-refractivity contribution >= 4 is 17.7 Å². The van der Waals surface area contributed by atoms with Crippen LogP contribution in [0.2, 0.25) is 0 Å². The van der Waals surface area contributed by atoms with Gasteiger partial charge in [0, 0.05) is 6.04 Å². The van der Waals surface area contributed by atoms with Gasteiger partial charge < -0.3 is 10.4 Å². The third-order valence-corrected chi connectivity index (χ3v) is 3.53. The molecule has 82 valence electrons. The second-order valence-corrected chi connectivity index (χ2v) is 5.06. The lowest BCUT2D eigenvalue weighted by molar-refractivity contribution is -0.140. The molecule has 0 amide bonds. The number of rotatable bonds is 5. The molecule has 0 aliphatic carbocycles. The van der Waals surface area contributed by atoms with E-state index in [4.69, 9.17) is 5.11 Å². The van der Waals surface area contributed by atoms with E-state index >= 15 is 0 Å². The minimum atomic E-state index is -0.696. The molecule has 0 spiro atoms. The van der Waals surface area contributed by atoms with E-state index in [2.05, 4.69) is 12.2 Å². The Morgan fingerprint density at radius 3 is 3.00 bits per heavy atom. The van der Waals surface area contributed by atoms with Crippen molar-refractivity contribution in [2.24, 2.45) is 0 Å². The van der Waals surface area contributed by atoms with Crippen LogP contribution in [0.5, 0.6) is 0 Å². The van der Waals surface area contributed by atoms with Gasteiger partial charge >= 0.3 is 5.97 Å². The number of aliphatic carboxylic acids is 1. The molecule has 1 heterocycles. The van der Waals surface area contributed by atoms with Gasteiger partial charge in [-0.2, -0.15) is 11.8 Å². The number of nitrogens with one attached hydrogen (secondary N) is 1. The van der Waals surface area contributed by atoms with E-state index < -0.39 is 5.97 Å². The first-order valence-electron chi connectivity index (χ1n) is 5.30. The Kier molecular flexibility index (Phi) is 5.33. The van der Waals surface area contributed by atoms with Crippen LogP contribution in [0.1, 0.15) is 32.6 Å². The molecule has 0 aromatic carbocycles. The fourth-order valence-corrected chi connectivity index (χ4v) is 2.55. The highest BCUT2D eigenvalue weighted by atomic mass is 32.2. The van der Waals surface area contributed by atoms with E-state index in [0.717, 1.165) is 37.2 Å². The maximum atomic E-state index is 10.8. The summed E-state index contributed by atoms with van der Waals surface area (Å²) >= 11 is 1.92. The van der Waals surface area contributed by atoms with Gasteiger partial charge in [0.15, 0.2) is 0 Å². The summed E-state index contributed by atoms with van der Waals surface area (Å²) in [5, 5.41) is 12.1. The fraction of sp³-hybridized carbons (Fsp3) is 0.900. The summed E-state index contributed by atoms with van der Waals surface area (Å²) < 4.78 is 0. The van der Waals surface area contributed by atoms with Crippen molar-refractivity contribution in [3.8, 4) is 0 Å². The monoisotopic (exact) mass is 217 g/mol. The predicted octanol–water partition coefficient (Wildman–Crippen LogP) is 1.72. The van der Waals surface area contributed by atoms with Crippen molar-refractivity contribution in [3.05, 3.63) is 0 Å². The number of hydrogen-bond acceptors (Lipinski definition) is 3. The van der Waals surface area contributed by atoms with Crippen molar-refractivity contribution in [2.75, 3.05) is 11.5 Å². The molecule has 3 nitrogen and oxygen atoms in total. The van der Waals surface area contributed by atoms with Crippen LogP contribution in [0.4, 0.5) is 0 Å². The standard InChI is InChI=1S/C10H19NO2S/c1-2-14-7-6-8-4-3-5-9(11-8)10(12)13/h8-9,11H,2-7H2,1H3,(H,12,13). The van der Waals surface area contributed by atoms with E-state index in [0.29, 0.717) is 6.04 Å². The molecular weight excluding hydrogens is 198 g/mol. The van der Waals surface area contributed by atoms with E-state index in [1.54, 1.807) is 0 Å². The third kappa shape index (κ3) is 3.88. The second-order valence-electron chi connectivity index (χ2n) is 3.67. The summed E-state index contributed by atoms with van der Waals surface area (Å²) in [7, 11) is 0. The molecule has 1 aliphatic heterocycles. The van der Waals surface area contributed by atoms with Gasteiger partial charge in [-0.05, 0) is 37.2 Å². The Hall–Kier alpha value is -0.220. The van der Waals surface area contributed by atoms with Gasteiger partial charge in [0.2, 0.25) is 0 Å². The van der Waals surface area contributed by atoms with Gasteiger partial charge in [0.05, 0.1) is 0 Å². The van der Waals surface area contributed by atoms with Crippen LogP contribution in [0, 0.1) is 0 Å². The molecule has 14 heavy (non-hydrogen) atoms. The molecule has 0 radical (unpaired) electrons. The van der Waals surface area contributed by atoms with Crippen molar-refractivity contribution in [1.29, 1.82) is 0 Å². The van der Waals surface area contributed by atoms with E-state index in [1.165, 1.54) is 0 Å². The summed E-state index contributed by atoms with van der Waals surface area (Å²) in [4.78, 5) is 10.8. The number of carboxylic acids is 1. The molecule has 2 N–H and O–H groups in total. The molecule has 1 aliphatic rings. The zero-order valence-electron chi connectivity index (χ0n) is 8.66. The second kappa shape index (κ2) is 6.30. The van der Waals surface area contributed by atoms with E-state index in [9.17, 15) is 4.79 Å². The first kappa shape index (κ1) is 11.9. The summed E-state index contributed by atoms with van der Waals surface area (Å²) in [5.74, 6) is 1.59. The number of thioether (sulfide) groups is 1. The Bertz CT molecular complexity index is 187. The lowest BCUT2D eigenvalue weighted by atomic mass is 9.97. The van der Waals surface area contributed by atoms with Crippen molar-refractivity contribution in [1.82, 2.24) is 5.32 Å².